The molecule has 4 aromatic heterocycles. The van der Waals surface area contributed by atoms with Gasteiger partial charge in [0.05, 0.1) is 52.0 Å². The van der Waals surface area contributed by atoms with E-state index in [2.05, 4.69) is 45.4 Å². The number of likely N-dealkylation sites (tertiary alicyclic amines) is 1. The van der Waals surface area contributed by atoms with E-state index in [0.717, 1.165) is 35.4 Å². The Morgan fingerprint density at radius 2 is 1.95 bits per heavy atom. The van der Waals surface area contributed by atoms with E-state index in [1.165, 1.54) is 0 Å². The number of fused-ring (bicyclic) bond motifs is 3. The molecule has 0 saturated carbocycles. The quantitative estimate of drug-likeness (QED) is 0.441. The van der Waals surface area contributed by atoms with Crippen molar-refractivity contribution in [3.63, 3.8) is 0 Å². The predicted molar refractivity (Wildman–Crippen MR) is 137 cm³/mol. The molecular weight excluding hydrogens is 470 g/mol. The number of nitriles is 1. The summed E-state index contributed by atoms with van der Waals surface area (Å²) in [4.78, 5) is 20.7. The van der Waals surface area contributed by atoms with Gasteiger partial charge in [0, 0.05) is 32.3 Å². The van der Waals surface area contributed by atoms with Gasteiger partial charge in [-0.25, -0.2) is 4.52 Å². The maximum Gasteiger partial charge on any atom is 0.319 e. The Morgan fingerprint density at radius 3 is 2.65 bits per heavy atom. The Bertz CT molecular complexity index is 1520. The third-order valence-electron chi connectivity index (χ3n) is 7.03. The first-order valence-electron chi connectivity index (χ1n) is 12.4. The summed E-state index contributed by atoms with van der Waals surface area (Å²) >= 11 is 0. The largest absolute Gasteiger partial charge is 0.403 e. The molecule has 37 heavy (non-hydrogen) atoms. The van der Waals surface area contributed by atoms with Gasteiger partial charge in [-0.15, -0.1) is 5.10 Å². The minimum Gasteiger partial charge on any atom is -0.403 e. The summed E-state index contributed by atoms with van der Waals surface area (Å²) in [7, 11) is 0. The van der Waals surface area contributed by atoms with Crippen LogP contribution in [0.4, 0.5) is 11.7 Å². The maximum atomic E-state index is 11.9. The van der Waals surface area contributed by atoms with Crippen molar-refractivity contribution >= 4 is 23.1 Å². The highest BCUT2D eigenvalue weighted by Crippen LogP contribution is 2.37. The molecule has 0 spiro atoms. The topological polar surface area (TPSA) is 128 Å². The minimum atomic E-state index is 0.106. The maximum absolute atomic E-state index is 11.9. The first-order chi connectivity index (χ1) is 17.9. The molecule has 0 radical (unpaired) electrons. The molecule has 11 nitrogen and oxygen atoms in total. The zero-order valence-corrected chi connectivity index (χ0v) is 20.9. The van der Waals surface area contributed by atoms with Crippen molar-refractivity contribution < 1.29 is 9.21 Å². The lowest BCUT2D eigenvalue weighted by atomic mass is 10.1. The number of rotatable bonds is 5. The van der Waals surface area contributed by atoms with E-state index in [1.54, 1.807) is 29.9 Å². The second-order valence-electron chi connectivity index (χ2n) is 9.93. The third-order valence-corrected chi connectivity index (χ3v) is 7.03. The summed E-state index contributed by atoms with van der Waals surface area (Å²) in [5, 5.41) is 25.8. The molecule has 11 heteroatoms. The SMILES string of the molecule is CC(=O)N1CC2CCC(C1)N2c1nnc(-c2cnc(-c3ccc4cc(C#N)cnn34)cc2NC(C)C)o1. The van der Waals surface area contributed by atoms with Crippen LogP contribution in [0, 0.1) is 11.3 Å². The van der Waals surface area contributed by atoms with Crippen molar-refractivity contribution in [3.8, 4) is 28.9 Å². The number of aromatic nitrogens is 5. The monoisotopic (exact) mass is 497 g/mol. The van der Waals surface area contributed by atoms with Gasteiger partial charge >= 0.3 is 6.01 Å². The predicted octanol–water partition coefficient (Wildman–Crippen LogP) is 3.34. The lowest BCUT2D eigenvalue weighted by Gasteiger charge is -2.39. The van der Waals surface area contributed by atoms with Gasteiger partial charge in [0.1, 0.15) is 6.07 Å². The number of hydrogen-bond donors (Lipinski definition) is 1. The number of anilines is 2. The Kier molecular flexibility index (Phi) is 5.52. The summed E-state index contributed by atoms with van der Waals surface area (Å²) in [6, 6.07) is 10.7. The van der Waals surface area contributed by atoms with Crippen molar-refractivity contribution in [2.24, 2.45) is 0 Å². The highest BCUT2D eigenvalue weighted by Gasteiger charge is 2.43. The van der Waals surface area contributed by atoms with Crippen LogP contribution in [-0.4, -0.2) is 66.8 Å². The molecule has 1 amide bonds. The lowest BCUT2D eigenvalue weighted by molar-refractivity contribution is -0.129. The van der Waals surface area contributed by atoms with E-state index in [9.17, 15) is 10.1 Å². The molecule has 2 bridgehead atoms. The fourth-order valence-electron chi connectivity index (χ4n) is 5.35. The number of carbonyl (C=O) groups is 1. The Hall–Kier alpha value is -4.46. The van der Waals surface area contributed by atoms with Crippen LogP contribution in [0.2, 0.25) is 0 Å². The number of piperazine rings is 1. The molecule has 2 fully saturated rings. The van der Waals surface area contributed by atoms with Crippen molar-refractivity contribution in [2.75, 3.05) is 23.3 Å². The molecule has 4 aromatic rings. The van der Waals surface area contributed by atoms with Crippen molar-refractivity contribution in [3.05, 3.63) is 42.2 Å². The van der Waals surface area contributed by atoms with Gasteiger partial charge in [-0.2, -0.15) is 10.4 Å². The van der Waals surface area contributed by atoms with E-state index < -0.39 is 0 Å². The van der Waals surface area contributed by atoms with Crippen LogP contribution in [0.1, 0.15) is 39.2 Å². The average Bonchev–Trinajstić information content (AvgIpc) is 3.58. The van der Waals surface area contributed by atoms with Gasteiger partial charge in [-0.3, -0.25) is 9.78 Å². The summed E-state index contributed by atoms with van der Waals surface area (Å²) < 4.78 is 7.97. The highest BCUT2D eigenvalue weighted by atomic mass is 16.4. The van der Waals surface area contributed by atoms with Gasteiger partial charge in [-0.1, -0.05) is 5.10 Å². The lowest BCUT2D eigenvalue weighted by Crippen LogP contribution is -2.55. The summed E-state index contributed by atoms with van der Waals surface area (Å²) in [5.74, 6) is 0.497. The molecule has 2 atom stereocenters. The third kappa shape index (κ3) is 4.04. The van der Waals surface area contributed by atoms with Crippen LogP contribution in [0.5, 0.6) is 0 Å². The molecule has 2 saturated heterocycles. The molecule has 0 aromatic carbocycles. The normalized spacial score (nSPS) is 19.0. The van der Waals surface area contributed by atoms with Gasteiger partial charge in [-0.05, 0) is 51.0 Å². The molecule has 6 heterocycles. The summed E-state index contributed by atoms with van der Waals surface area (Å²) in [6.07, 6.45) is 5.28. The Balaban J connectivity index is 1.34. The molecule has 0 aliphatic carbocycles. The van der Waals surface area contributed by atoms with Crippen molar-refractivity contribution in [2.45, 2.75) is 51.7 Å². The first kappa shape index (κ1) is 23.0. The van der Waals surface area contributed by atoms with Crippen LogP contribution >= 0.6 is 0 Å². The average molecular weight is 498 g/mol. The standard InChI is InChI=1S/C26H27N9O2/c1-15(2)30-22-9-23(24-7-6-18-8-17(10-27)11-29-35(18)24)28-12-21(22)25-31-32-26(37-25)34-19-4-5-20(34)14-33(13-19)16(3)36/h6-9,11-12,15,19-20H,4-5,13-14H2,1-3H3,(H,28,30). The molecular formula is C26H27N9O2. The fourth-order valence-corrected chi connectivity index (χ4v) is 5.35. The van der Waals surface area contributed by atoms with Gasteiger partial charge in [0.2, 0.25) is 5.91 Å². The molecule has 188 valence electrons. The Morgan fingerprint density at radius 1 is 1.16 bits per heavy atom. The van der Waals surface area contributed by atoms with Crippen molar-refractivity contribution in [1.82, 2.24) is 29.7 Å². The number of hydrogen-bond acceptors (Lipinski definition) is 9. The van der Waals surface area contributed by atoms with Crippen LogP contribution in [0.3, 0.4) is 0 Å². The first-order valence-corrected chi connectivity index (χ1v) is 12.4. The summed E-state index contributed by atoms with van der Waals surface area (Å²) in [5.41, 5.74) is 4.39. The molecule has 2 unspecified atom stereocenters. The molecule has 2 aliphatic rings. The molecule has 2 aliphatic heterocycles. The van der Waals surface area contributed by atoms with E-state index in [4.69, 9.17) is 9.40 Å². The number of pyridine rings is 1. The van der Waals surface area contributed by atoms with Crippen LogP contribution in [0.25, 0.3) is 28.4 Å². The van der Waals surface area contributed by atoms with E-state index in [1.807, 2.05) is 23.1 Å². The smallest absolute Gasteiger partial charge is 0.319 e. The van der Waals surface area contributed by atoms with Gasteiger partial charge < -0.3 is 19.5 Å². The van der Waals surface area contributed by atoms with Crippen LogP contribution in [-0.2, 0) is 4.79 Å². The number of amides is 1. The zero-order chi connectivity index (χ0) is 25.7. The molecule has 1 N–H and O–H groups in total. The number of nitrogens with one attached hydrogen (secondary N) is 1. The second kappa shape index (κ2) is 8.89. The second-order valence-corrected chi connectivity index (χ2v) is 9.93. The van der Waals surface area contributed by atoms with E-state index >= 15 is 0 Å². The minimum absolute atomic E-state index is 0.106. The highest BCUT2D eigenvalue weighted by molar-refractivity contribution is 5.77. The fraction of sp³-hybridized carbons (Fsp3) is 0.385. The van der Waals surface area contributed by atoms with Gasteiger partial charge in [0.15, 0.2) is 0 Å². The molecule has 6 rings (SSSR count). The number of nitrogens with zero attached hydrogens (tertiary/aromatic N) is 8. The van der Waals surface area contributed by atoms with Crippen LogP contribution < -0.4 is 10.2 Å². The van der Waals surface area contributed by atoms with Crippen molar-refractivity contribution in [1.29, 1.82) is 5.26 Å². The van der Waals surface area contributed by atoms with Crippen LogP contribution in [0.15, 0.2) is 41.1 Å². The van der Waals surface area contributed by atoms with Gasteiger partial charge in [0.25, 0.3) is 5.89 Å². The number of carbonyl (C=O) groups excluding carboxylic acids is 1. The Labute approximate surface area is 213 Å². The summed E-state index contributed by atoms with van der Waals surface area (Å²) in [6.45, 7) is 7.10. The van der Waals surface area contributed by atoms with E-state index in [0.29, 0.717) is 36.1 Å². The zero-order valence-electron chi connectivity index (χ0n) is 20.9. The van der Waals surface area contributed by atoms with E-state index in [-0.39, 0.29) is 24.0 Å².